The van der Waals surface area contributed by atoms with Crippen molar-refractivity contribution in [2.45, 2.75) is 329 Å². The molecule has 0 unspecified atom stereocenters. The summed E-state index contributed by atoms with van der Waals surface area (Å²) < 4.78 is 0. The molecule has 0 saturated carbocycles. The van der Waals surface area contributed by atoms with E-state index in [1.165, 1.54) is 0 Å². The number of nitrogens with two attached hydrogens (primary N) is 9. The van der Waals surface area contributed by atoms with Crippen molar-refractivity contribution >= 4 is 111 Å². The van der Waals surface area contributed by atoms with Gasteiger partial charge in [-0.25, -0.2) is 0 Å². The molecule has 0 saturated heterocycles. The average Bonchev–Trinajstić information content (AvgIpc) is 1.72. The molecule has 41 heteroatoms. The van der Waals surface area contributed by atoms with Crippen LogP contribution in [0.2, 0.25) is 0 Å². The number of rotatable bonds is 67. The van der Waals surface area contributed by atoms with Gasteiger partial charge in [-0.1, -0.05) is 152 Å². The van der Waals surface area contributed by atoms with Gasteiger partial charge in [0, 0.05) is 36.5 Å². The lowest BCUT2D eigenvalue weighted by Crippen LogP contribution is -2.62. The van der Waals surface area contributed by atoms with Crippen molar-refractivity contribution < 1.29 is 76.7 Å². The monoisotopic (exact) mass is 1900 g/mol. The number of nitrogens with zero attached hydrogens (tertiary/aromatic N) is 1. The van der Waals surface area contributed by atoms with Gasteiger partial charge in [0.25, 0.3) is 0 Å². The second-order valence-corrected chi connectivity index (χ2v) is 37.5. The number of aromatic amines is 1. The number of para-hydroxylation sites is 1. The fraction of sp³-hybridized carbons (Fsp3) is 0.670. The van der Waals surface area contributed by atoms with Crippen molar-refractivity contribution in [2.75, 3.05) is 32.7 Å². The van der Waals surface area contributed by atoms with E-state index in [0.29, 0.717) is 56.1 Å². The number of aliphatic imine (C=N–C) groups is 1. The highest BCUT2D eigenvalue weighted by Crippen LogP contribution is 2.23. The van der Waals surface area contributed by atoms with Gasteiger partial charge < -0.3 is 131 Å². The van der Waals surface area contributed by atoms with Crippen molar-refractivity contribution in [1.82, 2.24) is 79.4 Å². The number of guanidine groups is 1. The molecular weight excluding hydrogens is 1740 g/mol. The summed E-state index contributed by atoms with van der Waals surface area (Å²) in [4.78, 5) is 238. The molecule has 135 heavy (non-hydrogen) atoms. The molecular formula is C94H161N25O16. The molecule has 41 nitrogen and oxygen atoms in total. The van der Waals surface area contributed by atoms with Crippen LogP contribution in [-0.2, 0) is 89.6 Å². The van der Waals surface area contributed by atoms with E-state index >= 15 is 19.2 Å². The van der Waals surface area contributed by atoms with Crippen LogP contribution >= 0.6 is 0 Å². The Morgan fingerprint density at radius 2 is 0.652 bits per heavy atom. The van der Waals surface area contributed by atoms with E-state index in [1.807, 2.05) is 65.8 Å². The van der Waals surface area contributed by atoms with Crippen LogP contribution in [0.3, 0.4) is 0 Å². The molecule has 0 bridgehead atoms. The van der Waals surface area contributed by atoms with Crippen molar-refractivity contribution in [2.24, 2.45) is 98.0 Å². The first kappa shape index (κ1) is 118. The zero-order valence-electron chi connectivity index (χ0n) is 81.7. The molecule has 3 rings (SSSR count). The van der Waals surface area contributed by atoms with Gasteiger partial charge in [-0.2, -0.15) is 0 Å². The summed E-state index contributed by atoms with van der Waals surface area (Å²) in [6.45, 7) is 25.5. The third-order valence-electron chi connectivity index (χ3n) is 23.0. The number of aromatic nitrogens is 1. The predicted molar refractivity (Wildman–Crippen MR) is 519 cm³/mol. The molecule has 3 aromatic rings. The molecule has 16 amide bonds. The van der Waals surface area contributed by atoms with E-state index in [9.17, 15) is 57.5 Å². The fourth-order valence-corrected chi connectivity index (χ4v) is 15.3. The fourth-order valence-electron chi connectivity index (χ4n) is 15.3. The Labute approximate surface area is 795 Å². The first-order valence-corrected chi connectivity index (χ1v) is 47.8. The molecule has 0 spiro atoms. The second kappa shape index (κ2) is 62.3. The van der Waals surface area contributed by atoms with Gasteiger partial charge in [0.2, 0.25) is 94.5 Å². The third-order valence-corrected chi connectivity index (χ3v) is 23.0. The third kappa shape index (κ3) is 43.9. The van der Waals surface area contributed by atoms with Crippen molar-refractivity contribution in [3.8, 4) is 0 Å². The van der Waals surface area contributed by atoms with E-state index in [4.69, 9.17) is 51.6 Å². The SMILES string of the molecule is CC[C@H](C)[C@H](NC(=O)[C@H](CCCCN)NC(=O)[C@H](CCCCN)NC(=O)[C@H](Cc1ccccc1)NC(=O)[C@H](CC(C)C)NC(=O)[C@H](CCCCN)NC(=O)[C@H](Cc1c[nH]c2ccccc12)NC(=O)[C@@H](N)CC(C)C)C(=O)N[C@@H](CC(N)=O)C(=O)N[C@@H](CCCN=C(N)N)C(=O)N[C@H](C(=O)N[C@@H](CC(C)C)C(=O)N[C@@H](CCCCN)C(=O)N[C@H](C(=O)N[C@@H](CC(C)C)C(N)=O)C(C)C)C(C)C. The molecule has 758 valence electrons. The summed E-state index contributed by atoms with van der Waals surface area (Å²) >= 11 is 0. The number of benzene rings is 2. The lowest BCUT2D eigenvalue weighted by Gasteiger charge is -2.30. The average molecular weight is 1900 g/mol. The zero-order valence-corrected chi connectivity index (χ0v) is 81.7. The van der Waals surface area contributed by atoms with Gasteiger partial charge in [0.1, 0.15) is 84.6 Å². The molecule has 0 aliphatic heterocycles. The standard InChI is InChI=1S/C94H161N25O16/c1-15-58(14)78(93(135)116-74(50-75(100)120)90(132)110-68(38-29-43-104-94(102)103)84(126)118-77(57(12)13)92(134)115-71(47-55(8)9)86(128)109-66(36-23-27-41-97)83(125)117-76(56(10)11)91(133)111-69(79(101)121)45-53(4)5)119-85(127)67(37-24-28-42-98)106-81(123)64(34-21-25-39-95)107-88(130)72(48-59-30-17-16-18-31-59)114-87(129)70(46-54(6)7)113-82(124)65(35-22-26-40-96)108-89(131)73(112-80(122)62(99)44-52(2)3)49-60-51-105-63-33-20-19-32-61(60)63/h16-20,30-33,51-58,62,64-74,76-78,105H,15,21-29,34-50,95-99H2,1-14H3,(H2,100,120)(H2,101,121)(H,106,123)(H,107,130)(H,108,131)(H,109,128)(H,110,132)(H,111,133)(H,112,122)(H,113,124)(H,114,129)(H,115,134)(H,116,135)(H,117,125)(H,118,126)(H,119,127)(H4,102,103,104)/t58-,62-,64-,65-,66-,67-,68-,69-,70-,71-,72-,73-,74-,76-,77-,78-/m0/s1. The Bertz CT molecular complexity index is 4290. The van der Waals surface area contributed by atoms with Crippen LogP contribution in [0.4, 0.5) is 0 Å². The van der Waals surface area contributed by atoms with E-state index in [1.54, 1.807) is 91.9 Å². The van der Waals surface area contributed by atoms with Crippen LogP contribution in [0.5, 0.6) is 0 Å². The van der Waals surface area contributed by atoms with Gasteiger partial charge in [-0.05, 0) is 200 Å². The summed E-state index contributed by atoms with van der Waals surface area (Å²) in [7, 11) is 0. The Morgan fingerprint density at radius 1 is 0.333 bits per heavy atom. The number of H-pyrrole nitrogens is 1. The van der Waals surface area contributed by atoms with Gasteiger partial charge in [0.15, 0.2) is 5.96 Å². The molecule has 1 heterocycles. The number of carbonyl (C=O) groups is 16. The maximum absolute atomic E-state index is 15.2. The molecule has 2 aromatic carbocycles. The normalized spacial score (nSPS) is 15.1. The van der Waals surface area contributed by atoms with Gasteiger partial charge in [-0.15, -0.1) is 0 Å². The van der Waals surface area contributed by atoms with Crippen molar-refractivity contribution in [1.29, 1.82) is 0 Å². The van der Waals surface area contributed by atoms with Crippen LogP contribution in [0.15, 0.2) is 65.8 Å². The minimum absolute atomic E-state index is 0.0119. The quantitative estimate of drug-likeness (QED) is 0.0193. The summed E-state index contributed by atoms with van der Waals surface area (Å²) in [5, 5.41) is 39.2. The zero-order chi connectivity index (χ0) is 101. The van der Waals surface area contributed by atoms with E-state index < -0.39 is 209 Å². The molecule has 0 radical (unpaired) electrons. The topological polar surface area (TPSA) is 704 Å². The van der Waals surface area contributed by atoms with Crippen molar-refractivity contribution in [3.63, 3.8) is 0 Å². The molecule has 0 aliphatic rings. The van der Waals surface area contributed by atoms with Crippen LogP contribution in [0.1, 0.15) is 236 Å². The van der Waals surface area contributed by atoms with Crippen LogP contribution in [-0.4, -0.2) is 229 Å². The maximum atomic E-state index is 15.2. The highest BCUT2D eigenvalue weighted by molar-refractivity contribution is 6.02. The number of nitrogens with one attached hydrogen (secondary N) is 15. The number of hydrogen-bond acceptors (Lipinski definition) is 22. The number of amides is 16. The molecule has 0 fully saturated rings. The molecule has 33 N–H and O–H groups in total. The number of hydrogen-bond donors (Lipinski definition) is 24. The summed E-state index contributed by atoms with van der Waals surface area (Å²) in [5.41, 5.74) is 54.8. The van der Waals surface area contributed by atoms with Gasteiger partial charge >= 0.3 is 0 Å². The molecule has 0 aliphatic carbocycles. The number of unbranched alkanes of at least 4 members (excludes halogenated alkanes) is 4. The summed E-state index contributed by atoms with van der Waals surface area (Å²) in [5.74, 6) is -16.1. The summed E-state index contributed by atoms with van der Waals surface area (Å²) in [6.07, 6.45) is 4.35. The smallest absolute Gasteiger partial charge is 0.243 e. The second-order valence-electron chi connectivity index (χ2n) is 37.5. The Balaban J connectivity index is 2.03. The summed E-state index contributed by atoms with van der Waals surface area (Å²) in [6, 6.07) is -4.09. The Hall–Kier alpha value is -11.4. The minimum Gasteiger partial charge on any atom is -0.370 e. The molecule has 16 atom stereocenters. The largest absolute Gasteiger partial charge is 0.370 e. The number of primary amides is 2. The van der Waals surface area contributed by atoms with Crippen LogP contribution < -0.4 is 126 Å². The highest BCUT2D eigenvalue weighted by atomic mass is 16.2. The van der Waals surface area contributed by atoms with Crippen molar-refractivity contribution in [3.05, 3.63) is 71.9 Å². The lowest BCUT2D eigenvalue weighted by atomic mass is 9.96. The van der Waals surface area contributed by atoms with Gasteiger partial charge in [-0.3, -0.25) is 81.7 Å². The van der Waals surface area contributed by atoms with E-state index in [2.05, 4.69) is 84.4 Å². The maximum Gasteiger partial charge on any atom is 0.243 e. The Kier molecular flexibility index (Phi) is 54.3. The minimum atomic E-state index is -1.84. The van der Waals surface area contributed by atoms with Crippen LogP contribution in [0.25, 0.3) is 10.9 Å². The first-order valence-electron chi connectivity index (χ1n) is 47.8. The van der Waals surface area contributed by atoms with Gasteiger partial charge in [0.05, 0.1) is 12.5 Å². The number of carbonyl (C=O) groups excluding carboxylic acids is 16. The number of fused-ring (bicyclic) bond motifs is 1. The lowest BCUT2D eigenvalue weighted by molar-refractivity contribution is -0.137. The van der Waals surface area contributed by atoms with E-state index in [0.717, 1.165) is 10.9 Å². The molecule has 1 aromatic heterocycles. The highest BCUT2D eigenvalue weighted by Gasteiger charge is 2.41. The first-order chi connectivity index (χ1) is 63.8. The van der Waals surface area contributed by atoms with Crippen LogP contribution in [0, 0.1) is 41.4 Å². The predicted octanol–water partition coefficient (Wildman–Crippen LogP) is -0.460. The Morgan fingerprint density at radius 3 is 1.04 bits per heavy atom. The van der Waals surface area contributed by atoms with E-state index in [-0.39, 0.29) is 152 Å².